The number of amides is 2. The van der Waals surface area contributed by atoms with Gasteiger partial charge in [0.1, 0.15) is 11.5 Å². The highest BCUT2D eigenvalue weighted by Crippen LogP contribution is 2.23. The fourth-order valence-corrected chi connectivity index (χ4v) is 3.07. The van der Waals surface area contributed by atoms with Crippen molar-refractivity contribution in [3.05, 3.63) is 84.4 Å². The van der Waals surface area contributed by atoms with Crippen molar-refractivity contribution in [2.45, 2.75) is 6.42 Å². The van der Waals surface area contributed by atoms with Crippen LogP contribution in [0.3, 0.4) is 0 Å². The summed E-state index contributed by atoms with van der Waals surface area (Å²) in [6.07, 6.45) is 4.41. The van der Waals surface area contributed by atoms with E-state index in [1.54, 1.807) is 12.1 Å². The molecule has 0 saturated carbocycles. The third-order valence-corrected chi connectivity index (χ3v) is 4.44. The number of nitrogens with one attached hydrogen (secondary N) is 3. The number of anilines is 1. The molecule has 0 saturated heterocycles. The summed E-state index contributed by atoms with van der Waals surface area (Å²) in [4.78, 5) is 19.5. The summed E-state index contributed by atoms with van der Waals surface area (Å²) in [5, 5.41) is 6.48. The molecule has 3 N–H and O–H groups in total. The van der Waals surface area contributed by atoms with Gasteiger partial charge in [-0.05, 0) is 47.9 Å². The Balaban J connectivity index is 1.36. The molecule has 5 nitrogen and oxygen atoms in total. The van der Waals surface area contributed by atoms with Gasteiger partial charge in [0.05, 0.1) is 0 Å². The van der Waals surface area contributed by atoms with Crippen molar-refractivity contribution in [2.75, 3.05) is 11.9 Å². The Bertz CT molecular complexity index is 1120. The smallest absolute Gasteiger partial charge is 0.319 e. The monoisotopic (exact) mass is 374 g/mol. The zero-order valence-electron chi connectivity index (χ0n) is 15.1. The molecule has 0 aliphatic carbocycles. The lowest BCUT2D eigenvalue weighted by Gasteiger charge is -2.09. The molecule has 140 valence electrons. The number of fused-ring (bicyclic) bond motifs is 1. The van der Waals surface area contributed by atoms with E-state index in [9.17, 15) is 9.18 Å². The van der Waals surface area contributed by atoms with Crippen LogP contribution in [0, 0.1) is 5.82 Å². The average molecular weight is 374 g/mol. The quantitative estimate of drug-likeness (QED) is 0.472. The Morgan fingerprint density at radius 3 is 2.82 bits per heavy atom. The summed E-state index contributed by atoms with van der Waals surface area (Å²) >= 11 is 0. The van der Waals surface area contributed by atoms with Crippen molar-refractivity contribution < 1.29 is 9.18 Å². The molecule has 28 heavy (non-hydrogen) atoms. The van der Waals surface area contributed by atoms with Gasteiger partial charge in [-0.15, -0.1) is 0 Å². The van der Waals surface area contributed by atoms with Crippen LogP contribution in [0.25, 0.3) is 22.2 Å². The maximum absolute atomic E-state index is 13.2. The number of urea groups is 1. The molecule has 2 aromatic heterocycles. The van der Waals surface area contributed by atoms with E-state index in [0.29, 0.717) is 18.7 Å². The van der Waals surface area contributed by atoms with Crippen molar-refractivity contribution in [2.24, 2.45) is 0 Å². The summed E-state index contributed by atoms with van der Waals surface area (Å²) in [6, 6.07) is 17.7. The number of H-pyrrole nitrogens is 1. The van der Waals surface area contributed by atoms with Gasteiger partial charge in [-0.3, -0.25) is 0 Å². The van der Waals surface area contributed by atoms with Crippen LogP contribution < -0.4 is 10.6 Å². The van der Waals surface area contributed by atoms with Gasteiger partial charge in [0.2, 0.25) is 0 Å². The van der Waals surface area contributed by atoms with Crippen molar-refractivity contribution in [1.29, 1.82) is 0 Å². The molecule has 0 spiro atoms. The second kappa shape index (κ2) is 7.92. The van der Waals surface area contributed by atoms with E-state index in [4.69, 9.17) is 0 Å². The SMILES string of the molecule is O=C(NCCc1cccc(-c2cnc3[nH]ccc3c2)c1)Nc1cccc(F)c1. The largest absolute Gasteiger partial charge is 0.346 e. The first-order chi connectivity index (χ1) is 13.7. The first kappa shape index (κ1) is 17.7. The Morgan fingerprint density at radius 1 is 1.04 bits per heavy atom. The van der Waals surface area contributed by atoms with Crippen molar-refractivity contribution in [3.8, 4) is 11.1 Å². The number of pyridine rings is 1. The number of aromatic nitrogens is 2. The molecule has 2 amide bonds. The van der Waals surface area contributed by atoms with Crippen LogP contribution in [0.1, 0.15) is 5.56 Å². The van der Waals surface area contributed by atoms with Crippen LogP contribution in [0.5, 0.6) is 0 Å². The number of nitrogens with zero attached hydrogens (tertiary/aromatic N) is 1. The maximum Gasteiger partial charge on any atom is 0.319 e. The highest BCUT2D eigenvalue weighted by Gasteiger charge is 2.05. The van der Waals surface area contributed by atoms with Gasteiger partial charge in [-0.1, -0.05) is 30.3 Å². The molecule has 2 aromatic carbocycles. The van der Waals surface area contributed by atoms with Crippen LogP contribution >= 0.6 is 0 Å². The zero-order chi connectivity index (χ0) is 19.3. The predicted molar refractivity (Wildman–Crippen MR) is 109 cm³/mol. The molecule has 0 radical (unpaired) electrons. The molecular weight excluding hydrogens is 355 g/mol. The van der Waals surface area contributed by atoms with Crippen LogP contribution in [-0.2, 0) is 6.42 Å². The summed E-state index contributed by atoms with van der Waals surface area (Å²) in [5.74, 6) is -0.387. The second-order valence-corrected chi connectivity index (χ2v) is 6.48. The van der Waals surface area contributed by atoms with Crippen LogP contribution in [0.2, 0.25) is 0 Å². The van der Waals surface area contributed by atoms with Crippen LogP contribution in [0.4, 0.5) is 14.9 Å². The van der Waals surface area contributed by atoms with Gasteiger partial charge >= 0.3 is 6.03 Å². The number of benzene rings is 2. The zero-order valence-corrected chi connectivity index (χ0v) is 15.1. The molecule has 0 bridgehead atoms. The van der Waals surface area contributed by atoms with Gasteiger partial charge in [0, 0.05) is 35.6 Å². The first-order valence-corrected chi connectivity index (χ1v) is 9.00. The number of aromatic amines is 1. The lowest BCUT2D eigenvalue weighted by molar-refractivity contribution is 0.252. The minimum Gasteiger partial charge on any atom is -0.346 e. The Morgan fingerprint density at radius 2 is 1.93 bits per heavy atom. The lowest BCUT2D eigenvalue weighted by atomic mass is 10.0. The number of hydrogen-bond acceptors (Lipinski definition) is 2. The maximum atomic E-state index is 13.2. The Kier molecular flexibility index (Phi) is 5.01. The summed E-state index contributed by atoms with van der Waals surface area (Å²) < 4.78 is 13.2. The molecular formula is C22H19FN4O. The fraction of sp³-hybridized carbons (Fsp3) is 0.0909. The minimum absolute atomic E-state index is 0.358. The number of carbonyl (C=O) groups excluding carboxylic acids is 1. The van der Waals surface area contributed by atoms with Gasteiger partial charge in [0.15, 0.2) is 0 Å². The van der Waals surface area contributed by atoms with E-state index < -0.39 is 0 Å². The van der Waals surface area contributed by atoms with E-state index in [0.717, 1.165) is 27.7 Å². The van der Waals surface area contributed by atoms with E-state index in [-0.39, 0.29) is 11.8 Å². The van der Waals surface area contributed by atoms with Gasteiger partial charge in [-0.2, -0.15) is 0 Å². The van der Waals surface area contributed by atoms with Crippen molar-refractivity contribution >= 4 is 22.8 Å². The average Bonchev–Trinajstić information content (AvgIpc) is 3.16. The standard InChI is InChI=1S/C22H19FN4O/c23-19-5-2-6-20(13-19)27-22(28)25-9-7-15-3-1-4-16(11-15)18-12-17-8-10-24-21(17)26-14-18/h1-6,8,10-14H,7,9H2,(H,24,26)(H2,25,27,28). The number of hydrogen-bond donors (Lipinski definition) is 3. The van der Waals surface area contributed by atoms with Crippen molar-refractivity contribution in [3.63, 3.8) is 0 Å². The Labute approximate surface area is 161 Å². The Hall–Kier alpha value is -3.67. The lowest BCUT2D eigenvalue weighted by Crippen LogP contribution is -2.30. The highest BCUT2D eigenvalue weighted by atomic mass is 19.1. The van der Waals surface area contributed by atoms with Gasteiger partial charge < -0.3 is 15.6 Å². The molecule has 6 heteroatoms. The normalized spacial score (nSPS) is 10.8. The summed E-state index contributed by atoms with van der Waals surface area (Å²) in [7, 11) is 0. The van der Waals surface area contributed by atoms with Crippen molar-refractivity contribution in [1.82, 2.24) is 15.3 Å². The molecule has 0 aliphatic rings. The first-order valence-electron chi connectivity index (χ1n) is 9.00. The van der Waals surface area contributed by atoms with Gasteiger partial charge in [0.25, 0.3) is 0 Å². The third-order valence-electron chi connectivity index (χ3n) is 4.44. The molecule has 4 aromatic rings. The molecule has 0 fully saturated rings. The molecule has 0 unspecified atom stereocenters. The topological polar surface area (TPSA) is 69.8 Å². The predicted octanol–water partition coefficient (Wildman–Crippen LogP) is 4.73. The minimum atomic E-state index is -0.387. The van der Waals surface area contributed by atoms with E-state index in [1.807, 2.05) is 36.7 Å². The number of carbonyl (C=O) groups is 1. The summed E-state index contributed by atoms with van der Waals surface area (Å²) in [5.41, 5.74) is 4.53. The molecule has 0 atom stereocenters. The molecule has 2 heterocycles. The summed E-state index contributed by atoms with van der Waals surface area (Å²) in [6.45, 7) is 0.472. The molecule has 4 rings (SSSR count). The van der Waals surface area contributed by atoms with E-state index in [2.05, 4.69) is 32.7 Å². The second-order valence-electron chi connectivity index (χ2n) is 6.48. The molecule has 0 aliphatic heterocycles. The number of rotatable bonds is 5. The van der Waals surface area contributed by atoms with E-state index >= 15 is 0 Å². The highest BCUT2D eigenvalue weighted by molar-refractivity contribution is 5.89. The number of halogens is 1. The fourth-order valence-electron chi connectivity index (χ4n) is 3.07. The third kappa shape index (κ3) is 4.17. The van der Waals surface area contributed by atoms with Crippen LogP contribution in [0.15, 0.2) is 73.1 Å². The van der Waals surface area contributed by atoms with E-state index in [1.165, 1.54) is 12.1 Å². The van der Waals surface area contributed by atoms with Gasteiger partial charge in [-0.25, -0.2) is 14.2 Å². The van der Waals surface area contributed by atoms with Crippen LogP contribution in [-0.4, -0.2) is 22.5 Å².